The van der Waals surface area contributed by atoms with Crippen LogP contribution in [0.25, 0.3) is 5.57 Å². The third kappa shape index (κ3) is 6.80. The summed E-state index contributed by atoms with van der Waals surface area (Å²) in [7, 11) is 0.989. The highest BCUT2D eigenvalue weighted by molar-refractivity contribution is 6.70. The van der Waals surface area contributed by atoms with Crippen LogP contribution in [0.2, 0.25) is 39.3 Å². The number of hydrogen-bond acceptors (Lipinski definition) is 5. The molecule has 0 aromatic heterocycles. The summed E-state index contributed by atoms with van der Waals surface area (Å²) in [5.74, 6) is 1.69. The lowest BCUT2D eigenvalue weighted by molar-refractivity contribution is 0.148. The third-order valence-electron chi connectivity index (χ3n) is 3.05. The molecule has 0 saturated carbocycles. The summed E-state index contributed by atoms with van der Waals surface area (Å²) in [6.45, 7) is 12.6. The standard InChI is InChI=1S/C19H32O5Si2/c1-20-14-17(23-25(4,5)6)18(19(22-3)24-26(7,8)9)15-12-10-11-13-16(15)21-2/h10-14H,1-9H3/b17-14+,19-18+. The zero-order valence-electron chi connectivity index (χ0n) is 17.4. The molecular formula is C19H32O5Si2. The van der Waals surface area contributed by atoms with Gasteiger partial charge in [0.05, 0.1) is 21.3 Å². The van der Waals surface area contributed by atoms with Crippen LogP contribution in [0.1, 0.15) is 5.56 Å². The van der Waals surface area contributed by atoms with Crippen LogP contribution in [0.5, 0.6) is 5.75 Å². The Hall–Kier alpha value is -1.87. The molecule has 0 heterocycles. The van der Waals surface area contributed by atoms with Gasteiger partial charge in [0.1, 0.15) is 17.6 Å². The van der Waals surface area contributed by atoms with Crippen molar-refractivity contribution in [3.05, 3.63) is 47.8 Å². The molecule has 0 spiro atoms. The number of methoxy groups -OCH3 is 3. The summed E-state index contributed by atoms with van der Waals surface area (Å²) in [5, 5.41) is 0. The highest BCUT2D eigenvalue weighted by Crippen LogP contribution is 2.36. The smallest absolute Gasteiger partial charge is 0.277 e. The van der Waals surface area contributed by atoms with Gasteiger partial charge in [0.15, 0.2) is 5.76 Å². The van der Waals surface area contributed by atoms with Crippen molar-refractivity contribution < 1.29 is 23.1 Å². The minimum absolute atomic E-state index is 0.412. The average Bonchev–Trinajstić information content (AvgIpc) is 2.52. The first kappa shape index (κ1) is 22.2. The van der Waals surface area contributed by atoms with Crippen molar-refractivity contribution in [2.24, 2.45) is 0 Å². The molecule has 0 aliphatic heterocycles. The van der Waals surface area contributed by atoms with Crippen LogP contribution in [0.15, 0.2) is 42.2 Å². The van der Waals surface area contributed by atoms with E-state index < -0.39 is 16.6 Å². The van der Waals surface area contributed by atoms with Crippen LogP contribution >= 0.6 is 0 Å². The van der Waals surface area contributed by atoms with E-state index in [2.05, 4.69) is 39.3 Å². The quantitative estimate of drug-likeness (QED) is 0.326. The molecule has 5 nitrogen and oxygen atoms in total. The molecule has 0 aliphatic rings. The monoisotopic (exact) mass is 396 g/mol. The molecule has 7 heteroatoms. The number of allylic oxidation sites excluding steroid dienone is 1. The fourth-order valence-corrected chi connectivity index (χ4v) is 3.79. The predicted octanol–water partition coefficient (Wildman–Crippen LogP) is 5.20. The summed E-state index contributed by atoms with van der Waals surface area (Å²) in [6, 6.07) is 7.72. The van der Waals surface area contributed by atoms with E-state index in [1.54, 1.807) is 27.6 Å². The van der Waals surface area contributed by atoms with E-state index in [0.717, 1.165) is 5.56 Å². The van der Waals surface area contributed by atoms with Crippen molar-refractivity contribution in [3.63, 3.8) is 0 Å². The second-order valence-corrected chi connectivity index (χ2v) is 16.6. The van der Waals surface area contributed by atoms with Gasteiger partial charge in [-0.3, -0.25) is 0 Å². The van der Waals surface area contributed by atoms with Crippen LogP contribution < -0.4 is 4.74 Å². The van der Waals surface area contributed by atoms with E-state index in [1.807, 2.05) is 24.3 Å². The fourth-order valence-electron chi connectivity index (χ4n) is 2.24. The van der Waals surface area contributed by atoms with E-state index in [-0.39, 0.29) is 0 Å². The maximum Gasteiger partial charge on any atom is 0.277 e. The molecule has 0 bridgehead atoms. The zero-order valence-corrected chi connectivity index (χ0v) is 19.4. The van der Waals surface area contributed by atoms with E-state index in [9.17, 15) is 0 Å². The summed E-state index contributed by atoms with van der Waals surface area (Å²) < 4.78 is 29.1. The lowest BCUT2D eigenvalue weighted by atomic mass is 10.0. The molecule has 26 heavy (non-hydrogen) atoms. The molecular weight excluding hydrogens is 364 g/mol. The van der Waals surface area contributed by atoms with Crippen LogP contribution in [-0.4, -0.2) is 38.0 Å². The first-order valence-electron chi connectivity index (χ1n) is 8.55. The minimum atomic E-state index is -1.93. The van der Waals surface area contributed by atoms with E-state index >= 15 is 0 Å². The van der Waals surface area contributed by atoms with Crippen molar-refractivity contribution in [3.8, 4) is 5.75 Å². The second kappa shape index (κ2) is 9.18. The van der Waals surface area contributed by atoms with Crippen molar-refractivity contribution in [2.75, 3.05) is 21.3 Å². The van der Waals surface area contributed by atoms with Gasteiger partial charge in [0.2, 0.25) is 16.6 Å². The topological polar surface area (TPSA) is 46.2 Å². The average molecular weight is 397 g/mol. The van der Waals surface area contributed by atoms with E-state index in [0.29, 0.717) is 23.0 Å². The summed E-state index contributed by atoms with van der Waals surface area (Å²) in [6.07, 6.45) is 1.59. The van der Waals surface area contributed by atoms with Crippen molar-refractivity contribution in [2.45, 2.75) is 39.3 Å². The molecule has 0 saturated heterocycles. The van der Waals surface area contributed by atoms with Gasteiger partial charge in [-0.05, 0) is 45.3 Å². The molecule has 0 amide bonds. The number of rotatable bonds is 9. The minimum Gasteiger partial charge on any atom is -0.542 e. The molecule has 0 unspecified atom stereocenters. The summed E-state index contributed by atoms with van der Waals surface area (Å²) in [5.41, 5.74) is 1.52. The van der Waals surface area contributed by atoms with Gasteiger partial charge in [0, 0.05) is 5.56 Å². The van der Waals surface area contributed by atoms with Crippen molar-refractivity contribution >= 4 is 22.2 Å². The van der Waals surface area contributed by atoms with Crippen molar-refractivity contribution in [1.82, 2.24) is 0 Å². The van der Waals surface area contributed by atoms with Gasteiger partial charge in [-0.25, -0.2) is 0 Å². The molecule has 0 atom stereocenters. The van der Waals surface area contributed by atoms with Crippen LogP contribution in [-0.2, 0) is 18.3 Å². The van der Waals surface area contributed by atoms with E-state index in [1.165, 1.54) is 0 Å². The lowest BCUT2D eigenvalue weighted by Crippen LogP contribution is -2.28. The lowest BCUT2D eigenvalue weighted by Gasteiger charge is -2.27. The Morgan fingerprint density at radius 3 is 1.88 bits per heavy atom. The van der Waals surface area contributed by atoms with Crippen LogP contribution in [0.4, 0.5) is 0 Å². The van der Waals surface area contributed by atoms with Gasteiger partial charge in [-0.2, -0.15) is 0 Å². The molecule has 1 aromatic carbocycles. The van der Waals surface area contributed by atoms with Gasteiger partial charge in [-0.15, -0.1) is 0 Å². The molecule has 0 aliphatic carbocycles. The van der Waals surface area contributed by atoms with Gasteiger partial charge in [-0.1, -0.05) is 18.2 Å². The predicted molar refractivity (Wildman–Crippen MR) is 111 cm³/mol. The molecule has 0 fully saturated rings. The third-order valence-corrected chi connectivity index (χ3v) is 4.68. The molecule has 146 valence electrons. The Morgan fingerprint density at radius 2 is 1.42 bits per heavy atom. The van der Waals surface area contributed by atoms with Crippen LogP contribution in [0, 0.1) is 0 Å². The SMILES string of the molecule is CO/C=C(O[Si](C)(C)C)\C(=C(/OC)O[Si](C)(C)C)c1ccccc1OC. The Kier molecular flexibility index (Phi) is 7.83. The Balaban J connectivity index is 3.72. The normalized spacial score (nSPS) is 13.7. The Bertz CT molecular complexity index is 655. The van der Waals surface area contributed by atoms with E-state index in [4.69, 9.17) is 23.1 Å². The summed E-state index contributed by atoms with van der Waals surface area (Å²) >= 11 is 0. The molecule has 0 N–H and O–H groups in total. The van der Waals surface area contributed by atoms with Gasteiger partial charge < -0.3 is 23.1 Å². The first-order valence-corrected chi connectivity index (χ1v) is 15.4. The Labute approximate surface area is 159 Å². The number of benzene rings is 1. The van der Waals surface area contributed by atoms with Gasteiger partial charge >= 0.3 is 0 Å². The number of para-hydroxylation sites is 1. The summed E-state index contributed by atoms with van der Waals surface area (Å²) in [4.78, 5) is 0. The zero-order chi connectivity index (χ0) is 20.0. The second-order valence-electron chi connectivity index (χ2n) is 7.71. The number of hydrogen-bond donors (Lipinski definition) is 0. The first-order chi connectivity index (χ1) is 12.0. The largest absolute Gasteiger partial charge is 0.542 e. The molecule has 1 rings (SSSR count). The van der Waals surface area contributed by atoms with Gasteiger partial charge in [0.25, 0.3) is 5.95 Å². The van der Waals surface area contributed by atoms with Crippen LogP contribution in [0.3, 0.4) is 0 Å². The highest BCUT2D eigenvalue weighted by Gasteiger charge is 2.29. The molecule has 0 radical (unpaired) electrons. The number of ether oxygens (including phenoxy) is 3. The van der Waals surface area contributed by atoms with Crippen molar-refractivity contribution in [1.29, 1.82) is 0 Å². The maximum atomic E-state index is 6.31. The highest BCUT2D eigenvalue weighted by atomic mass is 28.4. The maximum absolute atomic E-state index is 6.31. The fraction of sp³-hybridized carbons (Fsp3) is 0.474. The Morgan fingerprint density at radius 1 is 0.846 bits per heavy atom. The molecule has 1 aromatic rings.